The molecule has 1 fully saturated rings. The summed E-state index contributed by atoms with van der Waals surface area (Å²) >= 11 is 1.84. The van der Waals surface area contributed by atoms with Crippen molar-refractivity contribution in [3.8, 4) is 0 Å². The van der Waals surface area contributed by atoms with Crippen molar-refractivity contribution in [3.05, 3.63) is 30.3 Å². The van der Waals surface area contributed by atoms with Crippen molar-refractivity contribution in [3.63, 3.8) is 0 Å². The molecule has 1 aromatic rings. The van der Waals surface area contributed by atoms with Gasteiger partial charge in [0, 0.05) is 22.6 Å². The minimum atomic E-state index is -0.125. The van der Waals surface area contributed by atoms with Gasteiger partial charge in [-0.2, -0.15) is 0 Å². The summed E-state index contributed by atoms with van der Waals surface area (Å²) in [5.74, 6) is 1.36. The molecule has 1 saturated heterocycles. The average molecular weight is 279 g/mol. The lowest BCUT2D eigenvalue weighted by atomic mass is 9.83. The van der Waals surface area contributed by atoms with Crippen molar-refractivity contribution in [2.24, 2.45) is 11.7 Å². The van der Waals surface area contributed by atoms with Crippen molar-refractivity contribution >= 4 is 11.8 Å². The molecule has 0 spiro atoms. The molecule has 1 heterocycles. The van der Waals surface area contributed by atoms with Crippen LogP contribution in [0.2, 0.25) is 0 Å². The zero-order valence-corrected chi connectivity index (χ0v) is 13.2. The zero-order valence-electron chi connectivity index (χ0n) is 12.3. The number of hydrogen-bond donors (Lipinski definition) is 1. The molecule has 1 aromatic carbocycles. The highest BCUT2D eigenvalue weighted by atomic mass is 32.2. The van der Waals surface area contributed by atoms with E-state index < -0.39 is 0 Å². The van der Waals surface area contributed by atoms with Gasteiger partial charge in [-0.1, -0.05) is 18.2 Å². The summed E-state index contributed by atoms with van der Waals surface area (Å²) in [6.07, 6.45) is 1.04. The lowest BCUT2D eigenvalue weighted by Crippen LogP contribution is -2.42. The molecule has 2 nitrogen and oxygen atoms in total. The third-order valence-electron chi connectivity index (χ3n) is 3.85. The number of thioether (sulfide) groups is 1. The number of benzene rings is 1. The van der Waals surface area contributed by atoms with Gasteiger partial charge in [0.05, 0.1) is 11.2 Å². The Morgan fingerprint density at radius 2 is 1.89 bits per heavy atom. The number of hydrogen-bond acceptors (Lipinski definition) is 3. The maximum absolute atomic E-state index is 6.42. The minimum Gasteiger partial charge on any atom is -0.369 e. The monoisotopic (exact) mass is 279 g/mol. The molecule has 106 valence electrons. The lowest BCUT2D eigenvalue weighted by Gasteiger charge is -2.30. The standard InChI is InChI=1S/C16H25NOS/c1-15(2)10-13(16(3,4)18-15)14(17)11-19-12-8-6-5-7-9-12/h5-9,13-14H,10-11,17H2,1-4H3. The Bertz CT molecular complexity index is 416. The average Bonchev–Trinajstić information content (AvgIpc) is 2.56. The van der Waals surface area contributed by atoms with Gasteiger partial charge in [0.15, 0.2) is 0 Å². The molecule has 3 heteroatoms. The van der Waals surface area contributed by atoms with E-state index in [1.54, 1.807) is 0 Å². The van der Waals surface area contributed by atoms with Crippen molar-refractivity contribution in [2.75, 3.05) is 5.75 Å². The molecule has 0 aliphatic carbocycles. The fourth-order valence-corrected chi connectivity index (χ4v) is 4.06. The van der Waals surface area contributed by atoms with Gasteiger partial charge in [-0.15, -0.1) is 11.8 Å². The van der Waals surface area contributed by atoms with E-state index in [2.05, 4.69) is 52.0 Å². The van der Waals surface area contributed by atoms with E-state index in [0.717, 1.165) is 12.2 Å². The third kappa shape index (κ3) is 3.74. The van der Waals surface area contributed by atoms with Crippen LogP contribution in [0.5, 0.6) is 0 Å². The van der Waals surface area contributed by atoms with Crippen molar-refractivity contribution < 1.29 is 4.74 Å². The van der Waals surface area contributed by atoms with Gasteiger partial charge in [0.2, 0.25) is 0 Å². The first kappa shape index (κ1) is 14.9. The van der Waals surface area contributed by atoms with E-state index in [1.165, 1.54) is 4.90 Å². The summed E-state index contributed by atoms with van der Waals surface area (Å²) in [5, 5.41) is 0. The molecule has 2 atom stereocenters. The smallest absolute Gasteiger partial charge is 0.0677 e. The van der Waals surface area contributed by atoms with E-state index >= 15 is 0 Å². The second-order valence-corrected chi connectivity index (χ2v) is 7.66. The SMILES string of the molecule is CC1(C)CC(C(N)CSc2ccccc2)C(C)(C)O1. The first-order chi connectivity index (χ1) is 8.80. The maximum Gasteiger partial charge on any atom is 0.0677 e. The maximum atomic E-state index is 6.42. The van der Waals surface area contributed by atoms with Crippen LogP contribution in [-0.4, -0.2) is 23.0 Å². The fraction of sp³-hybridized carbons (Fsp3) is 0.625. The Morgan fingerprint density at radius 3 is 2.42 bits per heavy atom. The molecule has 2 N–H and O–H groups in total. The predicted molar refractivity (Wildman–Crippen MR) is 82.5 cm³/mol. The summed E-state index contributed by atoms with van der Waals surface area (Å²) in [6, 6.07) is 10.6. The minimum absolute atomic E-state index is 0.0524. The van der Waals surface area contributed by atoms with Gasteiger partial charge in [-0.25, -0.2) is 0 Å². The molecular formula is C16H25NOS. The van der Waals surface area contributed by atoms with E-state index in [4.69, 9.17) is 10.5 Å². The lowest BCUT2D eigenvalue weighted by molar-refractivity contribution is -0.0759. The molecule has 0 amide bonds. The second-order valence-electron chi connectivity index (χ2n) is 6.56. The highest BCUT2D eigenvalue weighted by Gasteiger charge is 2.47. The molecule has 0 aromatic heterocycles. The predicted octanol–water partition coefficient (Wildman–Crippen LogP) is 3.70. The summed E-state index contributed by atoms with van der Waals surface area (Å²) in [7, 11) is 0. The van der Waals surface area contributed by atoms with Crippen LogP contribution in [0.15, 0.2) is 35.2 Å². The van der Waals surface area contributed by atoms with Gasteiger partial charge in [-0.05, 0) is 46.2 Å². The van der Waals surface area contributed by atoms with Crippen LogP contribution < -0.4 is 5.73 Å². The van der Waals surface area contributed by atoms with E-state index in [1.807, 2.05) is 17.8 Å². The Morgan fingerprint density at radius 1 is 1.26 bits per heavy atom. The summed E-state index contributed by atoms with van der Waals surface area (Å²) in [4.78, 5) is 1.29. The molecule has 2 rings (SSSR count). The Hall–Kier alpha value is -0.510. The Kier molecular flexibility index (Phi) is 4.29. The van der Waals surface area contributed by atoms with Crippen molar-refractivity contribution in [1.82, 2.24) is 0 Å². The first-order valence-electron chi connectivity index (χ1n) is 6.94. The largest absolute Gasteiger partial charge is 0.369 e. The van der Waals surface area contributed by atoms with Crippen LogP contribution in [-0.2, 0) is 4.74 Å². The van der Waals surface area contributed by atoms with Gasteiger partial charge in [0.1, 0.15) is 0 Å². The van der Waals surface area contributed by atoms with Crippen LogP contribution in [0.3, 0.4) is 0 Å². The second kappa shape index (κ2) is 5.47. The van der Waals surface area contributed by atoms with E-state index in [0.29, 0.717) is 5.92 Å². The Labute approximate surface area is 121 Å². The molecular weight excluding hydrogens is 254 g/mol. The molecule has 0 bridgehead atoms. The molecule has 1 aliphatic heterocycles. The van der Waals surface area contributed by atoms with Crippen LogP contribution in [0.4, 0.5) is 0 Å². The van der Waals surface area contributed by atoms with E-state index in [9.17, 15) is 0 Å². The van der Waals surface area contributed by atoms with Crippen LogP contribution in [0, 0.1) is 5.92 Å². The highest BCUT2D eigenvalue weighted by Crippen LogP contribution is 2.43. The normalized spacial score (nSPS) is 26.3. The quantitative estimate of drug-likeness (QED) is 0.854. The topological polar surface area (TPSA) is 35.2 Å². The van der Waals surface area contributed by atoms with Gasteiger partial charge >= 0.3 is 0 Å². The molecule has 0 saturated carbocycles. The Balaban J connectivity index is 1.95. The van der Waals surface area contributed by atoms with Gasteiger partial charge in [0.25, 0.3) is 0 Å². The number of nitrogens with two attached hydrogens (primary N) is 1. The van der Waals surface area contributed by atoms with Crippen LogP contribution in [0.1, 0.15) is 34.1 Å². The van der Waals surface area contributed by atoms with E-state index in [-0.39, 0.29) is 17.2 Å². The first-order valence-corrected chi connectivity index (χ1v) is 7.92. The van der Waals surface area contributed by atoms with Gasteiger partial charge < -0.3 is 10.5 Å². The highest BCUT2D eigenvalue weighted by molar-refractivity contribution is 7.99. The fourth-order valence-electron chi connectivity index (χ4n) is 3.10. The number of ether oxygens (including phenoxy) is 1. The summed E-state index contributed by atoms with van der Waals surface area (Å²) in [6.45, 7) is 8.65. The van der Waals surface area contributed by atoms with Crippen LogP contribution >= 0.6 is 11.8 Å². The van der Waals surface area contributed by atoms with Crippen molar-refractivity contribution in [1.29, 1.82) is 0 Å². The molecule has 1 aliphatic rings. The summed E-state index contributed by atoms with van der Waals surface area (Å²) in [5.41, 5.74) is 6.25. The molecule has 0 radical (unpaired) electrons. The van der Waals surface area contributed by atoms with Gasteiger partial charge in [-0.3, -0.25) is 0 Å². The zero-order chi connectivity index (χ0) is 14.1. The molecule has 2 unspecified atom stereocenters. The third-order valence-corrected chi connectivity index (χ3v) is 5.00. The summed E-state index contributed by atoms with van der Waals surface area (Å²) < 4.78 is 6.13. The van der Waals surface area contributed by atoms with Crippen molar-refractivity contribution in [2.45, 2.75) is 56.3 Å². The number of rotatable bonds is 4. The van der Waals surface area contributed by atoms with Crippen LogP contribution in [0.25, 0.3) is 0 Å². The molecule has 19 heavy (non-hydrogen) atoms.